The highest BCUT2D eigenvalue weighted by molar-refractivity contribution is 6.43. The van der Waals surface area contributed by atoms with Gasteiger partial charge in [-0.05, 0) is 24.3 Å². The fourth-order valence-corrected chi connectivity index (χ4v) is 2.06. The molecule has 0 bridgehead atoms. The number of phenols is 1. The van der Waals surface area contributed by atoms with Crippen LogP contribution < -0.4 is 5.43 Å². The number of rotatable bonds is 3. The molecule has 0 aliphatic heterocycles. The van der Waals surface area contributed by atoms with Crippen LogP contribution in [-0.4, -0.2) is 17.2 Å². The minimum Gasteiger partial charge on any atom is -0.507 e. The maximum absolute atomic E-state index is 11.9. The number of nitrogens with zero attached hydrogens (tertiary/aromatic N) is 1. The van der Waals surface area contributed by atoms with Gasteiger partial charge < -0.3 is 5.11 Å². The van der Waals surface area contributed by atoms with E-state index in [9.17, 15) is 9.90 Å². The fraction of sp³-hybridized carbons (Fsp3) is 0. The van der Waals surface area contributed by atoms with Gasteiger partial charge in [0.25, 0.3) is 5.91 Å². The minimum atomic E-state index is -0.593. The molecule has 2 aromatic carbocycles. The highest BCUT2D eigenvalue weighted by Gasteiger charge is 2.10. The molecular weight excluding hydrogens is 335 g/mol. The van der Waals surface area contributed by atoms with Crippen molar-refractivity contribution in [2.24, 2.45) is 5.10 Å². The predicted octanol–water partition coefficient (Wildman–Crippen LogP) is 4.12. The second-order valence-corrected chi connectivity index (χ2v) is 5.23. The molecule has 7 heteroatoms. The van der Waals surface area contributed by atoms with E-state index in [1.807, 2.05) is 0 Å². The van der Waals surface area contributed by atoms with E-state index in [2.05, 4.69) is 10.5 Å². The highest BCUT2D eigenvalue weighted by Crippen LogP contribution is 2.24. The lowest BCUT2D eigenvalue weighted by Gasteiger charge is -2.03. The first-order valence-electron chi connectivity index (χ1n) is 5.75. The molecule has 0 atom stereocenters. The topological polar surface area (TPSA) is 61.7 Å². The number of carbonyl (C=O) groups is 1. The molecule has 2 N–H and O–H groups in total. The van der Waals surface area contributed by atoms with Crippen LogP contribution >= 0.6 is 34.8 Å². The first-order chi connectivity index (χ1) is 9.99. The van der Waals surface area contributed by atoms with Gasteiger partial charge in [0.2, 0.25) is 0 Å². The van der Waals surface area contributed by atoms with E-state index in [-0.39, 0.29) is 11.3 Å². The number of nitrogens with one attached hydrogen (secondary N) is 1. The van der Waals surface area contributed by atoms with Crippen molar-refractivity contribution in [3.8, 4) is 5.75 Å². The Morgan fingerprint density at radius 2 is 1.95 bits per heavy atom. The van der Waals surface area contributed by atoms with E-state index in [0.29, 0.717) is 20.6 Å². The summed E-state index contributed by atoms with van der Waals surface area (Å²) in [5, 5.41) is 14.4. The van der Waals surface area contributed by atoms with Crippen molar-refractivity contribution in [3.63, 3.8) is 0 Å². The lowest BCUT2D eigenvalue weighted by molar-refractivity contribution is 0.0952. The van der Waals surface area contributed by atoms with Crippen LogP contribution in [0.3, 0.4) is 0 Å². The van der Waals surface area contributed by atoms with Gasteiger partial charge in [-0.1, -0.05) is 46.9 Å². The Labute approximate surface area is 135 Å². The summed E-state index contributed by atoms with van der Waals surface area (Å²) >= 11 is 17.6. The molecule has 0 aliphatic carbocycles. The van der Waals surface area contributed by atoms with Gasteiger partial charge in [-0.3, -0.25) is 4.79 Å². The predicted molar refractivity (Wildman–Crippen MR) is 84.6 cm³/mol. The second-order valence-electron chi connectivity index (χ2n) is 4.00. The summed E-state index contributed by atoms with van der Waals surface area (Å²) in [5.74, 6) is -0.780. The number of amides is 1. The highest BCUT2D eigenvalue weighted by atomic mass is 35.5. The molecule has 0 aromatic heterocycles. The summed E-state index contributed by atoms with van der Waals surface area (Å²) in [6, 6.07) is 9.19. The lowest BCUT2D eigenvalue weighted by atomic mass is 10.2. The molecule has 0 aliphatic rings. The third-order valence-electron chi connectivity index (χ3n) is 2.55. The smallest absolute Gasteiger partial charge is 0.275 e. The molecule has 0 saturated carbocycles. The van der Waals surface area contributed by atoms with Gasteiger partial charge in [-0.15, -0.1) is 0 Å². The van der Waals surface area contributed by atoms with E-state index >= 15 is 0 Å². The molecule has 0 spiro atoms. The van der Waals surface area contributed by atoms with Crippen LogP contribution in [0.5, 0.6) is 5.75 Å². The van der Waals surface area contributed by atoms with Gasteiger partial charge >= 0.3 is 0 Å². The van der Waals surface area contributed by atoms with E-state index in [0.717, 1.165) is 0 Å². The molecule has 21 heavy (non-hydrogen) atoms. The Hall–Kier alpha value is -1.75. The van der Waals surface area contributed by atoms with E-state index in [4.69, 9.17) is 34.8 Å². The van der Waals surface area contributed by atoms with Crippen LogP contribution in [0.2, 0.25) is 15.1 Å². The first kappa shape index (κ1) is 15.6. The number of hydrogen-bond acceptors (Lipinski definition) is 3. The maximum atomic E-state index is 11.9. The average molecular weight is 344 g/mol. The normalized spacial score (nSPS) is 10.8. The molecule has 0 saturated heterocycles. The zero-order chi connectivity index (χ0) is 15.4. The summed E-state index contributed by atoms with van der Waals surface area (Å²) in [7, 11) is 0. The number of aromatic hydroxyl groups is 1. The number of carbonyl (C=O) groups excluding carboxylic acids is 1. The van der Waals surface area contributed by atoms with Crippen LogP contribution in [-0.2, 0) is 0 Å². The second kappa shape index (κ2) is 6.80. The number of halogens is 3. The SMILES string of the molecule is O=C(NN=Cc1cccc(Cl)c1Cl)c1cc(Cl)ccc1O. The Kier molecular flexibility index (Phi) is 5.07. The standard InChI is InChI=1S/C14H9Cl3N2O2/c15-9-4-5-12(20)10(6-9)14(21)19-18-7-8-2-1-3-11(16)13(8)17/h1-7,20H,(H,19,21). The zero-order valence-electron chi connectivity index (χ0n) is 10.5. The number of benzene rings is 2. The zero-order valence-corrected chi connectivity index (χ0v) is 12.7. The third-order valence-corrected chi connectivity index (χ3v) is 3.62. The third kappa shape index (κ3) is 3.88. The molecule has 0 heterocycles. The van der Waals surface area contributed by atoms with Crippen molar-refractivity contribution in [1.29, 1.82) is 0 Å². The molecule has 108 valence electrons. The lowest BCUT2D eigenvalue weighted by Crippen LogP contribution is -2.17. The Morgan fingerprint density at radius 3 is 2.71 bits per heavy atom. The first-order valence-corrected chi connectivity index (χ1v) is 6.88. The number of hydrogen-bond donors (Lipinski definition) is 2. The van der Waals surface area contributed by atoms with Gasteiger partial charge in [-0.2, -0.15) is 5.10 Å². The van der Waals surface area contributed by atoms with E-state index < -0.39 is 5.91 Å². The monoisotopic (exact) mass is 342 g/mol. The van der Waals surface area contributed by atoms with Gasteiger partial charge in [0.05, 0.1) is 21.8 Å². The van der Waals surface area contributed by atoms with Crippen molar-refractivity contribution >= 4 is 46.9 Å². The molecule has 2 rings (SSSR count). The molecule has 2 aromatic rings. The Bertz CT molecular complexity index is 717. The Morgan fingerprint density at radius 1 is 1.19 bits per heavy atom. The molecule has 4 nitrogen and oxygen atoms in total. The van der Waals surface area contributed by atoms with Crippen LogP contribution in [0, 0.1) is 0 Å². The van der Waals surface area contributed by atoms with Crippen LogP contribution in [0.4, 0.5) is 0 Å². The van der Waals surface area contributed by atoms with Crippen molar-refractivity contribution < 1.29 is 9.90 Å². The van der Waals surface area contributed by atoms with Crippen LogP contribution in [0.1, 0.15) is 15.9 Å². The number of hydrazone groups is 1. The van der Waals surface area contributed by atoms with Crippen molar-refractivity contribution in [2.45, 2.75) is 0 Å². The summed E-state index contributed by atoms with van der Waals surface area (Å²) in [6.45, 7) is 0. The average Bonchev–Trinajstić information content (AvgIpc) is 2.46. The maximum Gasteiger partial charge on any atom is 0.275 e. The molecule has 1 amide bonds. The van der Waals surface area contributed by atoms with Crippen LogP contribution in [0.15, 0.2) is 41.5 Å². The van der Waals surface area contributed by atoms with Crippen molar-refractivity contribution in [1.82, 2.24) is 5.43 Å². The largest absolute Gasteiger partial charge is 0.507 e. The van der Waals surface area contributed by atoms with Gasteiger partial charge in [-0.25, -0.2) is 5.43 Å². The Balaban J connectivity index is 2.12. The molecule has 0 fully saturated rings. The number of phenolic OH excluding ortho intramolecular Hbond substituents is 1. The molecular formula is C14H9Cl3N2O2. The summed E-state index contributed by atoms with van der Waals surface area (Å²) in [5.41, 5.74) is 2.85. The van der Waals surface area contributed by atoms with Crippen molar-refractivity contribution in [3.05, 3.63) is 62.6 Å². The van der Waals surface area contributed by atoms with Crippen molar-refractivity contribution in [2.75, 3.05) is 0 Å². The van der Waals surface area contributed by atoms with Gasteiger partial charge in [0.1, 0.15) is 5.75 Å². The van der Waals surface area contributed by atoms with Crippen LogP contribution in [0.25, 0.3) is 0 Å². The van der Waals surface area contributed by atoms with E-state index in [1.54, 1.807) is 18.2 Å². The summed E-state index contributed by atoms with van der Waals surface area (Å²) < 4.78 is 0. The molecule has 0 unspecified atom stereocenters. The van der Waals surface area contributed by atoms with E-state index in [1.165, 1.54) is 24.4 Å². The van der Waals surface area contributed by atoms with Gasteiger partial charge in [0.15, 0.2) is 0 Å². The summed E-state index contributed by atoms with van der Waals surface area (Å²) in [6.07, 6.45) is 1.35. The molecule has 0 radical (unpaired) electrons. The minimum absolute atomic E-state index is 0.0249. The quantitative estimate of drug-likeness (QED) is 0.650. The summed E-state index contributed by atoms with van der Waals surface area (Å²) in [4.78, 5) is 11.9. The fourth-order valence-electron chi connectivity index (χ4n) is 1.53. The van der Waals surface area contributed by atoms with Gasteiger partial charge in [0, 0.05) is 10.6 Å².